The summed E-state index contributed by atoms with van der Waals surface area (Å²) in [6, 6.07) is 9.95. The fraction of sp³-hybridized carbons (Fsp3) is 0.600. The van der Waals surface area contributed by atoms with E-state index in [2.05, 4.69) is 10.6 Å². The summed E-state index contributed by atoms with van der Waals surface area (Å²) in [5.41, 5.74) is 1.12. The third kappa shape index (κ3) is 6.02. The lowest BCUT2D eigenvalue weighted by atomic mass is 9.88. The van der Waals surface area contributed by atoms with Gasteiger partial charge in [0.15, 0.2) is 0 Å². The van der Waals surface area contributed by atoms with Gasteiger partial charge in [0.05, 0.1) is 38.3 Å². The number of hydrogen-bond donors (Lipinski definition) is 2. The van der Waals surface area contributed by atoms with Gasteiger partial charge in [-0.05, 0) is 12.0 Å². The van der Waals surface area contributed by atoms with Crippen LogP contribution >= 0.6 is 0 Å². The van der Waals surface area contributed by atoms with Crippen LogP contribution in [0.3, 0.4) is 0 Å². The zero-order chi connectivity index (χ0) is 18.9. The molecule has 2 aliphatic rings. The maximum Gasteiger partial charge on any atom is 0.227 e. The average molecular weight is 375 g/mol. The van der Waals surface area contributed by atoms with Gasteiger partial charge in [0.2, 0.25) is 11.8 Å². The van der Waals surface area contributed by atoms with E-state index in [0.29, 0.717) is 65.6 Å². The second-order valence-corrected chi connectivity index (χ2v) is 7.05. The van der Waals surface area contributed by atoms with Gasteiger partial charge in [0.25, 0.3) is 0 Å². The van der Waals surface area contributed by atoms with Crippen molar-refractivity contribution in [3.8, 4) is 0 Å². The molecule has 148 valence electrons. The van der Waals surface area contributed by atoms with Crippen LogP contribution in [-0.4, -0.2) is 69.3 Å². The molecule has 0 aliphatic carbocycles. The van der Waals surface area contributed by atoms with Crippen molar-refractivity contribution < 1.29 is 19.1 Å². The summed E-state index contributed by atoms with van der Waals surface area (Å²) in [5.74, 6) is -0.190. The zero-order valence-electron chi connectivity index (χ0n) is 15.7. The Hall–Kier alpha value is -1.96. The minimum atomic E-state index is -0.178. The van der Waals surface area contributed by atoms with Crippen molar-refractivity contribution >= 4 is 11.8 Å². The number of nitrogens with one attached hydrogen (secondary N) is 2. The molecule has 0 bridgehead atoms. The van der Waals surface area contributed by atoms with Crippen LogP contribution < -0.4 is 10.6 Å². The zero-order valence-corrected chi connectivity index (χ0v) is 15.7. The number of amides is 2. The fourth-order valence-electron chi connectivity index (χ4n) is 3.53. The van der Waals surface area contributed by atoms with Crippen molar-refractivity contribution in [2.75, 3.05) is 52.5 Å². The van der Waals surface area contributed by atoms with E-state index < -0.39 is 0 Å². The van der Waals surface area contributed by atoms with E-state index in [9.17, 15) is 9.59 Å². The van der Waals surface area contributed by atoms with Crippen LogP contribution in [0.2, 0.25) is 0 Å². The Bertz CT molecular complexity index is 605. The lowest BCUT2D eigenvalue weighted by molar-refractivity contribution is -0.141. The van der Waals surface area contributed by atoms with Gasteiger partial charge in [-0.1, -0.05) is 30.3 Å². The number of carbonyl (C=O) groups excluding carboxylic acids is 2. The number of carbonyl (C=O) groups is 2. The Morgan fingerprint density at radius 1 is 1.15 bits per heavy atom. The summed E-state index contributed by atoms with van der Waals surface area (Å²) >= 11 is 0. The number of nitrogens with zero attached hydrogens (tertiary/aromatic N) is 1. The molecule has 0 unspecified atom stereocenters. The van der Waals surface area contributed by atoms with Crippen molar-refractivity contribution in [2.45, 2.75) is 13.0 Å². The smallest absolute Gasteiger partial charge is 0.227 e. The molecule has 0 saturated carbocycles. The molecule has 0 aromatic heterocycles. The van der Waals surface area contributed by atoms with Crippen LogP contribution in [0, 0.1) is 11.8 Å². The summed E-state index contributed by atoms with van der Waals surface area (Å²) < 4.78 is 10.9. The summed E-state index contributed by atoms with van der Waals surface area (Å²) in [4.78, 5) is 26.9. The minimum absolute atomic E-state index is 0.00899. The number of benzene rings is 1. The molecule has 2 aliphatic heterocycles. The van der Waals surface area contributed by atoms with Crippen LogP contribution in [-0.2, 0) is 25.7 Å². The molecule has 0 radical (unpaired) electrons. The highest BCUT2D eigenvalue weighted by Crippen LogP contribution is 2.19. The van der Waals surface area contributed by atoms with Gasteiger partial charge in [0.1, 0.15) is 0 Å². The number of morpholine rings is 1. The van der Waals surface area contributed by atoms with Gasteiger partial charge in [0, 0.05) is 32.7 Å². The molecular formula is C20H29N3O4. The quantitative estimate of drug-likeness (QED) is 0.675. The Morgan fingerprint density at radius 3 is 2.67 bits per heavy atom. The predicted octanol–water partition coefficient (Wildman–Crippen LogP) is 0.404. The highest BCUT2D eigenvalue weighted by atomic mass is 16.5. The van der Waals surface area contributed by atoms with Crippen LogP contribution in [0.1, 0.15) is 12.0 Å². The Labute approximate surface area is 160 Å². The van der Waals surface area contributed by atoms with Gasteiger partial charge >= 0.3 is 0 Å². The molecule has 7 nitrogen and oxygen atoms in total. The Balaban J connectivity index is 1.36. The highest BCUT2D eigenvalue weighted by molar-refractivity contribution is 5.83. The van der Waals surface area contributed by atoms with Gasteiger partial charge in [-0.25, -0.2) is 0 Å². The molecule has 2 N–H and O–H groups in total. The first-order valence-electron chi connectivity index (χ1n) is 9.70. The van der Waals surface area contributed by atoms with Gasteiger partial charge < -0.3 is 25.0 Å². The maximum atomic E-state index is 12.6. The first kappa shape index (κ1) is 19.8. The van der Waals surface area contributed by atoms with Crippen molar-refractivity contribution in [1.29, 1.82) is 0 Å². The van der Waals surface area contributed by atoms with Crippen molar-refractivity contribution in [3.63, 3.8) is 0 Å². The molecule has 1 aromatic carbocycles. The lowest BCUT2D eigenvalue weighted by Gasteiger charge is -2.34. The monoisotopic (exact) mass is 375 g/mol. The standard InChI is InChI=1S/C20H29N3O4/c24-19(22-6-9-27-15-16-4-2-1-3-5-16)17-12-18(14-21-13-17)20(25)23-7-10-26-11-8-23/h1-5,17-18,21H,6-15H2,(H,22,24)/t17-,18+/m1/s1. The van der Waals surface area contributed by atoms with Crippen molar-refractivity contribution in [3.05, 3.63) is 35.9 Å². The van der Waals surface area contributed by atoms with E-state index in [1.165, 1.54) is 0 Å². The van der Waals surface area contributed by atoms with Crippen LogP contribution in [0.25, 0.3) is 0 Å². The van der Waals surface area contributed by atoms with Crippen molar-refractivity contribution in [1.82, 2.24) is 15.5 Å². The Morgan fingerprint density at radius 2 is 1.89 bits per heavy atom. The van der Waals surface area contributed by atoms with E-state index in [-0.39, 0.29) is 23.7 Å². The van der Waals surface area contributed by atoms with E-state index in [0.717, 1.165) is 5.56 Å². The number of ether oxygens (including phenoxy) is 2. The topological polar surface area (TPSA) is 79.9 Å². The molecular weight excluding hydrogens is 346 g/mol. The van der Waals surface area contributed by atoms with Crippen LogP contribution in [0.5, 0.6) is 0 Å². The molecule has 2 atom stereocenters. The first-order chi connectivity index (χ1) is 13.2. The molecule has 3 rings (SSSR count). The van der Waals surface area contributed by atoms with Crippen LogP contribution in [0.15, 0.2) is 30.3 Å². The molecule has 0 spiro atoms. The first-order valence-corrected chi connectivity index (χ1v) is 9.70. The molecule has 1 aromatic rings. The molecule has 27 heavy (non-hydrogen) atoms. The largest absolute Gasteiger partial charge is 0.378 e. The number of piperidine rings is 1. The average Bonchev–Trinajstić information content (AvgIpc) is 2.74. The summed E-state index contributed by atoms with van der Waals surface area (Å²) in [6.07, 6.45) is 0.597. The predicted molar refractivity (Wildman–Crippen MR) is 101 cm³/mol. The fourth-order valence-corrected chi connectivity index (χ4v) is 3.53. The maximum absolute atomic E-state index is 12.6. The third-order valence-corrected chi connectivity index (χ3v) is 5.05. The normalized spacial score (nSPS) is 23.0. The molecule has 7 heteroatoms. The Kier molecular flexibility index (Phi) is 7.62. The highest BCUT2D eigenvalue weighted by Gasteiger charge is 2.33. The molecule has 2 saturated heterocycles. The number of hydrogen-bond acceptors (Lipinski definition) is 5. The second-order valence-electron chi connectivity index (χ2n) is 7.05. The molecule has 2 fully saturated rings. The summed E-state index contributed by atoms with van der Waals surface area (Å²) in [7, 11) is 0. The third-order valence-electron chi connectivity index (χ3n) is 5.05. The van der Waals surface area contributed by atoms with Gasteiger partial charge in [-0.3, -0.25) is 9.59 Å². The van der Waals surface area contributed by atoms with E-state index in [4.69, 9.17) is 9.47 Å². The molecule has 2 amide bonds. The van der Waals surface area contributed by atoms with Gasteiger partial charge in [-0.2, -0.15) is 0 Å². The summed E-state index contributed by atoms with van der Waals surface area (Å²) in [5, 5.41) is 6.17. The van der Waals surface area contributed by atoms with E-state index in [1.807, 2.05) is 35.2 Å². The lowest BCUT2D eigenvalue weighted by Crippen LogP contribution is -2.51. The number of rotatable bonds is 7. The van der Waals surface area contributed by atoms with Crippen molar-refractivity contribution in [2.24, 2.45) is 11.8 Å². The second kappa shape index (κ2) is 10.4. The van der Waals surface area contributed by atoms with Crippen LogP contribution in [0.4, 0.5) is 0 Å². The summed E-state index contributed by atoms with van der Waals surface area (Å²) in [6.45, 7) is 5.22. The molecule has 2 heterocycles. The van der Waals surface area contributed by atoms with Gasteiger partial charge in [-0.15, -0.1) is 0 Å². The van der Waals surface area contributed by atoms with E-state index in [1.54, 1.807) is 0 Å². The minimum Gasteiger partial charge on any atom is -0.378 e. The van der Waals surface area contributed by atoms with E-state index >= 15 is 0 Å². The SMILES string of the molecule is O=C(NCCOCc1ccccc1)[C@H]1CNC[C@@H](C(=O)N2CCOCC2)C1.